The van der Waals surface area contributed by atoms with Gasteiger partial charge in [0.05, 0.1) is 6.54 Å². The molecule has 6 nitrogen and oxygen atoms in total. The van der Waals surface area contributed by atoms with E-state index in [1.54, 1.807) is 0 Å². The van der Waals surface area contributed by atoms with Crippen LogP contribution in [0.3, 0.4) is 0 Å². The Bertz CT molecular complexity index is 620. The molecule has 1 aliphatic rings. The van der Waals surface area contributed by atoms with Crippen LogP contribution in [0.2, 0.25) is 5.02 Å². The number of primary amides is 1. The molecule has 2 rings (SSSR count). The van der Waals surface area contributed by atoms with Crippen molar-refractivity contribution in [3.8, 4) is 0 Å². The van der Waals surface area contributed by atoms with E-state index in [-0.39, 0.29) is 35.8 Å². The standard InChI is InChI=1S/C20H32ClN5O.HI/c1-2-23-20(25-15-17-7-3-4-8-18(17)21)24-11-5-6-12-26-13-9-16(10-14-26)19(22)27;/h3-4,7-8,16H,2,5-6,9-15H2,1H3,(H2,22,27)(H2,23,24,25);1H. The summed E-state index contributed by atoms with van der Waals surface area (Å²) in [6.45, 7) is 7.34. The number of amides is 1. The zero-order valence-electron chi connectivity index (χ0n) is 16.6. The molecular weight excluding hydrogens is 489 g/mol. The monoisotopic (exact) mass is 521 g/mol. The molecular formula is C20H33ClIN5O. The quantitative estimate of drug-likeness (QED) is 0.202. The summed E-state index contributed by atoms with van der Waals surface area (Å²) in [4.78, 5) is 18.3. The van der Waals surface area contributed by atoms with Gasteiger partial charge in [-0.3, -0.25) is 4.79 Å². The molecule has 0 aromatic heterocycles. The molecule has 1 saturated heterocycles. The summed E-state index contributed by atoms with van der Waals surface area (Å²) in [6, 6.07) is 7.79. The summed E-state index contributed by atoms with van der Waals surface area (Å²) >= 11 is 6.19. The summed E-state index contributed by atoms with van der Waals surface area (Å²) < 4.78 is 0. The predicted octanol–water partition coefficient (Wildman–Crippen LogP) is 2.99. The van der Waals surface area contributed by atoms with E-state index >= 15 is 0 Å². The molecule has 1 fully saturated rings. The van der Waals surface area contributed by atoms with Gasteiger partial charge in [-0.1, -0.05) is 29.8 Å². The molecule has 1 heterocycles. The lowest BCUT2D eigenvalue weighted by atomic mass is 9.96. The maximum atomic E-state index is 11.2. The lowest BCUT2D eigenvalue weighted by Gasteiger charge is -2.30. The van der Waals surface area contributed by atoms with Gasteiger partial charge in [-0.25, -0.2) is 4.99 Å². The molecule has 4 N–H and O–H groups in total. The smallest absolute Gasteiger partial charge is 0.220 e. The summed E-state index contributed by atoms with van der Waals surface area (Å²) in [6.07, 6.45) is 3.99. The van der Waals surface area contributed by atoms with Crippen LogP contribution in [0.4, 0.5) is 0 Å². The topological polar surface area (TPSA) is 82.8 Å². The van der Waals surface area contributed by atoms with Crippen LogP contribution in [0.15, 0.2) is 29.3 Å². The van der Waals surface area contributed by atoms with E-state index in [4.69, 9.17) is 17.3 Å². The van der Waals surface area contributed by atoms with Gasteiger partial charge in [-0.15, -0.1) is 24.0 Å². The summed E-state index contributed by atoms with van der Waals surface area (Å²) in [7, 11) is 0. The number of aliphatic imine (C=N–C) groups is 1. The molecule has 8 heteroatoms. The number of nitrogens with zero attached hydrogens (tertiary/aromatic N) is 2. The normalized spacial score (nSPS) is 15.7. The third-order valence-electron chi connectivity index (χ3n) is 4.89. The number of nitrogens with one attached hydrogen (secondary N) is 2. The van der Waals surface area contributed by atoms with Crippen LogP contribution in [-0.4, -0.2) is 49.5 Å². The maximum Gasteiger partial charge on any atom is 0.220 e. The number of nitrogens with two attached hydrogens (primary N) is 1. The van der Waals surface area contributed by atoms with Gasteiger partial charge >= 0.3 is 0 Å². The highest BCUT2D eigenvalue weighted by Gasteiger charge is 2.22. The molecule has 158 valence electrons. The van der Waals surface area contributed by atoms with Crippen molar-refractivity contribution in [1.82, 2.24) is 15.5 Å². The van der Waals surface area contributed by atoms with E-state index in [9.17, 15) is 4.79 Å². The van der Waals surface area contributed by atoms with E-state index in [1.807, 2.05) is 24.3 Å². The van der Waals surface area contributed by atoms with Crippen molar-refractivity contribution in [2.45, 2.75) is 39.2 Å². The summed E-state index contributed by atoms with van der Waals surface area (Å²) in [5, 5.41) is 7.40. The fourth-order valence-electron chi connectivity index (χ4n) is 3.24. The second-order valence-electron chi connectivity index (χ2n) is 6.94. The highest BCUT2D eigenvalue weighted by molar-refractivity contribution is 14.0. The minimum Gasteiger partial charge on any atom is -0.369 e. The number of carbonyl (C=O) groups excluding carboxylic acids is 1. The van der Waals surface area contributed by atoms with E-state index in [0.717, 1.165) is 75.0 Å². The van der Waals surface area contributed by atoms with Gasteiger partial charge in [0.1, 0.15) is 0 Å². The zero-order valence-corrected chi connectivity index (χ0v) is 19.7. The minimum absolute atomic E-state index is 0. The Morgan fingerprint density at radius 2 is 1.96 bits per heavy atom. The Balaban J connectivity index is 0.00000392. The SMILES string of the molecule is CCNC(=NCc1ccccc1Cl)NCCCCN1CCC(C(N)=O)CC1.I. The predicted molar refractivity (Wildman–Crippen MR) is 127 cm³/mol. The highest BCUT2D eigenvalue weighted by atomic mass is 127. The van der Waals surface area contributed by atoms with Crippen LogP contribution >= 0.6 is 35.6 Å². The van der Waals surface area contributed by atoms with Crippen LogP contribution in [-0.2, 0) is 11.3 Å². The molecule has 0 atom stereocenters. The molecule has 0 spiro atoms. The van der Waals surface area contributed by atoms with Crippen LogP contribution in [0.1, 0.15) is 38.2 Å². The highest BCUT2D eigenvalue weighted by Crippen LogP contribution is 2.17. The summed E-state index contributed by atoms with van der Waals surface area (Å²) in [5.41, 5.74) is 6.41. The Morgan fingerprint density at radius 3 is 2.61 bits per heavy atom. The molecule has 28 heavy (non-hydrogen) atoms. The molecule has 0 saturated carbocycles. The number of hydrogen-bond donors (Lipinski definition) is 3. The third-order valence-corrected chi connectivity index (χ3v) is 5.26. The number of guanidine groups is 1. The van der Waals surface area contributed by atoms with E-state index in [2.05, 4.69) is 27.4 Å². The van der Waals surface area contributed by atoms with Crippen molar-refractivity contribution in [3.05, 3.63) is 34.9 Å². The van der Waals surface area contributed by atoms with Crippen LogP contribution in [0, 0.1) is 5.92 Å². The Hall–Kier alpha value is -1.06. The third kappa shape index (κ3) is 8.96. The number of likely N-dealkylation sites (tertiary alicyclic amines) is 1. The van der Waals surface area contributed by atoms with Gasteiger partial charge < -0.3 is 21.3 Å². The molecule has 0 radical (unpaired) electrons. The Kier molecular flexibility index (Phi) is 12.5. The van der Waals surface area contributed by atoms with Gasteiger partial charge in [0.2, 0.25) is 5.91 Å². The average molecular weight is 522 g/mol. The molecule has 1 aromatic carbocycles. The van der Waals surface area contributed by atoms with Crippen molar-refractivity contribution in [2.75, 3.05) is 32.7 Å². The molecule has 0 unspecified atom stereocenters. The van der Waals surface area contributed by atoms with Crippen molar-refractivity contribution < 1.29 is 4.79 Å². The lowest BCUT2D eigenvalue weighted by Crippen LogP contribution is -2.39. The molecule has 1 amide bonds. The second kappa shape index (κ2) is 14.0. The molecule has 0 aliphatic carbocycles. The number of unbranched alkanes of at least 4 members (excludes halogenated alkanes) is 1. The van der Waals surface area contributed by atoms with Crippen LogP contribution in [0.25, 0.3) is 0 Å². The number of rotatable bonds is 9. The van der Waals surface area contributed by atoms with Crippen LogP contribution < -0.4 is 16.4 Å². The van der Waals surface area contributed by atoms with Gasteiger partial charge in [0.15, 0.2) is 5.96 Å². The first-order chi connectivity index (χ1) is 13.1. The number of benzene rings is 1. The number of halogens is 2. The molecule has 1 aromatic rings. The largest absolute Gasteiger partial charge is 0.369 e. The van der Waals surface area contributed by atoms with Crippen molar-refractivity contribution in [2.24, 2.45) is 16.6 Å². The van der Waals surface area contributed by atoms with Gasteiger partial charge in [0, 0.05) is 24.0 Å². The Labute approximate surface area is 190 Å². The molecule has 0 bridgehead atoms. The average Bonchev–Trinajstić information content (AvgIpc) is 2.67. The van der Waals surface area contributed by atoms with Gasteiger partial charge in [-0.05, 0) is 63.9 Å². The maximum absolute atomic E-state index is 11.2. The lowest BCUT2D eigenvalue weighted by molar-refractivity contribution is -0.123. The first kappa shape index (κ1) is 25.0. The van der Waals surface area contributed by atoms with Crippen molar-refractivity contribution in [1.29, 1.82) is 0 Å². The summed E-state index contributed by atoms with van der Waals surface area (Å²) in [5.74, 6) is 0.741. The van der Waals surface area contributed by atoms with Gasteiger partial charge in [0.25, 0.3) is 0 Å². The van der Waals surface area contributed by atoms with Crippen molar-refractivity contribution in [3.63, 3.8) is 0 Å². The Morgan fingerprint density at radius 1 is 1.25 bits per heavy atom. The zero-order chi connectivity index (χ0) is 19.5. The minimum atomic E-state index is -0.147. The van der Waals surface area contributed by atoms with E-state index < -0.39 is 0 Å². The van der Waals surface area contributed by atoms with E-state index in [0.29, 0.717) is 6.54 Å². The first-order valence-corrected chi connectivity index (χ1v) is 10.2. The van der Waals surface area contributed by atoms with E-state index in [1.165, 1.54) is 0 Å². The van der Waals surface area contributed by atoms with Gasteiger partial charge in [-0.2, -0.15) is 0 Å². The number of carbonyl (C=O) groups is 1. The second-order valence-corrected chi connectivity index (χ2v) is 7.35. The fourth-order valence-corrected chi connectivity index (χ4v) is 3.44. The van der Waals surface area contributed by atoms with Crippen molar-refractivity contribution >= 4 is 47.4 Å². The molecule has 1 aliphatic heterocycles. The number of hydrogen-bond acceptors (Lipinski definition) is 3. The number of piperidine rings is 1. The fraction of sp³-hybridized carbons (Fsp3) is 0.600. The van der Waals surface area contributed by atoms with Crippen LogP contribution in [0.5, 0.6) is 0 Å². The first-order valence-electron chi connectivity index (χ1n) is 9.87.